The number of benzene rings is 1. The zero-order chi connectivity index (χ0) is 33.0. The fourth-order valence-electron chi connectivity index (χ4n) is 5.14. The summed E-state index contributed by atoms with van der Waals surface area (Å²) in [7, 11) is 0. The highest BCUT2D eigenvalue weighted by atomic mass is 14.3. The van der Waals surface area contributed by atoms with Crippen molar-refractivity contribution in [2.24, 2.45) is 5.41 Å². The molecule has 0 unspecified atom stereocenters. The molecule has 0 nitrogen and oxygen atoms in total. The molecule has 0 aliphatic rings. The van der Waals surface area contributed by atoms with Crippen molar-refractivity contribution in [3.05, 3.63) is 76.9 Å². The first kappa shape index (κ1) is 46.1. The van der Waals surface area contributed by atoms with Gasteiger partial charge >= 0.3 is 0 Å². The molecule has 1 aromatic carbocycles. The summed E-state index contributed by atoms with van der Waals surface area (Å²) in [5.74, 6) is 0. The van der Waals surface area contributed by atoms with Gasteiger partial charge in [-0.25, -0.2) is 0 Å². The molecule has 0 N–H and O–H groups in total. The molecule has 0 fully saturated rings. The van der Waals surface area contributed by atoms with Gasteiger partial charge in [0.1, 0.15) is 0 Å². The van der Waals surface area contributed by atoms with Crippen molar-refractivity contribution in [1.82, 2.24) is 0 Å². The largest absolute Gasteiger partial charge is 0.0955 e. The monoisotopic (exact) mass is 569 g/mol. The molecule has 0 atom stereocenters. The van der Waals surface area contributed by atoms with Crippen LogP contribution in [-0.2, 0) is 0 Å². The summed E-state index contributed by atoms with van der Waals surface area (Å²) in [5, 5.41) is 0. The predicted molar refractivity (Wildman–Crippen MR) is 197 cm³/mol. The molecule has 1 rings (SSSR count). The van der Waals surface area contributed by atoms with Crippen LogP contribution in [0.4, 0.5) is 0 Å². The van der Waals surface area contributed by atoms with Gasteiger partial charge in [-0.05, 0) is 93.6 Å². The third-order valence-electron chi connectivity index (χ3n) is 7.54. The van der Waals surface area contributed by atoms with Gasteiger partial charge in [-0.2, -0.15) is 0 Å². The first-order valence-electron chi connectivity index (χ1n) is 17.2. The van der Waals surface area contributed by atoms with E-state index >= 15 is 0 Å². The van der Waals surface area contributed by atoms with E-state index in [0.29, 0.717) is 5.41 Å². The van der Waals surface area contributed by atoms with Crippen LogP contribution in [0.3, 0.4) is 0 Å². The predicted octanol–water partition coefficient (Wildman–Crippen LogP) is 15.2. The highest BCUT2D eigenvalue weighted by molar-refractivity contribution is 5.62. The van der Waals surface area contributed by atoms with Crippen LogP contribution in [-0.4, -0.2) is 0 Å². The Kier molecular flexibility index (Phi) is 33.4. The van der Waals surface area contributed by atoms with E-state index in [2.05, 4.69) is 107 Å². The number of hydrogen-bond donors (Lipinski definition) is 0. The highest BCUT2D eigenvalue weighted by Crippen LogP contribution is 2.41. The van der Waals surface area contributed by atoms with Crippen molar-refractivity contribution in [2.75, 3.05) is 0 Å². The number of unbranched alkanes of at least 4 members (excludes halogenated alkanes) is 3. The quantitative estimate of drug-likeness (QED) is 0.155. The lowest BCUT2D eigenvalue weighted by atomic mass is 9.71. The van der Waals surface area contributed by atoms with Crippen molar-refractivity contribution in [1.29, 1.82) is 0 Å². The van der Waals surface area contributed by atoms with Crippen LogP contribution in [0.15, 0.2) is 60.2 Å². The Hall–Kier alpha value is -1.82. The zero-order valence-electron chi connectivity index (χ0n) is 31.1. The summed E-state index contributed by atoms with van der Waals surface area (Å²) in [4.78, 5) is 0. The van der Waals surface area contributed by atoms with E-state index in [1.165, 1.54) is 103 Å². The lowest BCUT2D eigenvalue weighted by molar-refractivity contribution is 0.221. The lowest BCUT2D eigenvalue weighted by Gasteiger charge is -2.34. The molecule has 0 aliphatic heterocycles. The number of allylic oxidation sites excluding steroid dienone is 5. The molecule has 0 heteroatoms. The van der Waals surface area contributed by atoms with Gasteiger partial charge in [-0.1, -0.05) is 169 Å². The Morgan fingerprint density at radius 2 is 1.15 bits per heavy atom. The molecule has 0 amide bonds. The summed E-state index contributed by atoms with van der Waals surface area (Å²) in [6.45, 7) is 44.6. The van der Waals surface area contributed by atoms with Crippen LogP contribution >= 0.6 is 0 Å². The Balaban J connectivity index is -0.000000271. The Labute approximate surface area is 261 Å². The van der Waals surface area contributed by atoms with Crippen molar-refractivity contribution < 1.29 is 0 Å². The Bertz CT molecular complexity index is 820. The molecule has 0 aliphatic carbocycles. The van der Waals surface area contributed by atoms with Crippen LogP contribution < -0.4 is 0 Å². The van der Waals surface area contributed by atoms with Crippen molar-refractivity contribution in [2.45, 2.75) is 174 Å². The average Bonchev–Trinajstić information content (AvgIpc) is 2.96. The van der Waals surface area contributed by atoms with Gasteiger partial charge in [0.05, 0.1) is 0 Å². The maximum atomic E-state index is 4.24. The minimum absolute atomic E-state index is 0.475. The molecule has 0 saturated carbocycles. The molecular weight excluding hydrogens is 492 g/mol. The molecule has 0 bridgehead atoms. The summed E-state index contributed by atoms with van der Waals surface area (Å²) in [6.07, 6.45) is 14.2. The van der Waals surface area contributed by atoms with E-state index in [9.17, 15) is 0 Å². The SMILES string of the molecule is C=C(C)/C(C(=C)CC)=C(/C)CC(CC)(CCC)CCC.C=C(C)c1ccc(C)c(C)c1.CC.CC.CCCCCC. The maximum absolute atomic E-state index is 4.24. The molecule has 41 heavy (non-hydrogen) atoms. The van der Waals surface area contributed by atoms with Crippen LogP contribution in [0.1, 0.15) is 177 Å². The lowest BCUT2D eigenvalue weighted by Crippen LogP contribution is -2.20. The molecule has 0 saturated heterocycles. The van der Waals surface area contributed by atoms with Crippen molar-refractivity contribution in [3.63, 3.8) is 0 Å². The van der Waals surface area contributed by atoms with Crippen LogP contribution in [0.25, 0.3) is 5.57 Å². The zero-order valence-corrected chi connectivity index (χ0v) is 31.1. The Morgan fingerprint density at radius 1 is 0.683 bits per heavy atom. The minimum atomic E-state index is 0.475. The number of hydrogen-bond acceptors (Lipinski definition) is 0. The molecular formula is C41H76. The summed E-state index contributed by atoms with van der Waals surface area (Å²) < 4.78 is 0. The third kappa shape index (κ3) is 21.5. The minimum Gasteiger partial charge on any atom is -0.0955 e. The van der Waals surface area contributed by atoms with Gasteiger partial charge in [0.25, 0.3) is 0 Å². The molecule has 1 aromatic rings. The van der Waals surface area contributed by atoms with Gasteiger partial charge in [0.2, 0.25) is 0 Å². The Morgan fingerprint density at radius 3 is 1.44 bits per heavy atom. The topological polar surface area (TPSA) is 0 Å². The second-order valence-corrected chi connectivity index (χ2v) is 11.2. The van der Waals surface area contributed by atoms with E-state index in [1.54, 1.807) is 0 Å². The normalized spacial score (nSPS) is 10.6. The van der Waals surface area contributed by atoms with E-state index in [4.69, 9.17) is 0 Å². The fraction of sp³-hybridized carbons (Fsp3) is 0.659. The smallest absolute Gasteiger partial charge is 0.0218 e. The van der Waals surface area contributed by atoms with Gasteiger partial charge in [-0.3, -0.25) is 0 Å². The van der Waals surface area contributed by atoms with E-state index in [-0.39, 0.29) is 0 Å². The maximum Gasteiger partial charge on any atom is -0.0218 e. The molecule has 0 spiro atoms. The third-order valence-corrected chi connectivity index (χ3v) is 7.54. The summed E-state index contributed by atoms with van der Waals surface area (Å²) in [5.41, 5.74) is 10.8. The van der Waals surface area contributed by atoms with E-state index in [1.807, 2.05) is 34.6 Å². The second kappa shape index (κ2) is 29.7. The molecule has 0 radical (unpaired) electrons. The highest BCUT2D eigenvalue weighted by Gasteiger charge is 2.27. The first-order chi connectivity index (χ1) is 19.4. The molecule has 0 aromatic heterocycles. The summed E-state index contributed by atoms with van der Waals surface area (Å²) in [6, 6.07) is 6.43. The standard InChI is InChI=1S/C20H36.C11H14.C6H14.2C2H6/c1-9-13-20(12-4,14-10-2)15-18(8)19(16(5)6)17(7)11-3;1-8(2)11-6-5-9(3)10(4)7-11;1-3-5-6-4-2;2*1-2/h5,7,9-15H2,1-4,6,8H3;5-7H,1H2,2-4H3;3-6H2,1-2H3;2*1-2H3/b19-18+;;;;. The van der Waals surface area contributed by atoms with E-state index < -0.39 is 0 Å². The van der Waals surface area contributed by atoms with Gasteiger partial charge in [0, 0.05) is 0 Å². The van der Waals surface area contributed by atoms with Gasteiger partial charge in [0.15, 0.2) is 0 Å². The number of rotatable bonds is 14. The van der Waals surface area contributed by atoms with Crippen LogP contribution in [0.5, 0.6) is 0 Å². The van der Waals surface area contributed by atoms with Crippen molar-refractivity contribution in [3.8, 4) is 0 Å². The van der Waals surface area contributed by atoms with Crippen LogP contribution in [0, 0.1) is 19.3 Å². The molecule has 240 valence electrons. The first-order valence-corrected chi connectivity index (χ1v) is 17.2. The molecule has 0 heterocycles. The second-order valence-electron chi connectivity index (χ2n) is 11.2. The summed E-state index contributed by atoms with van der Waals surface area (Å²) >= 11 is 0. The average molecular weight is 569 g/mol. The van der Waals surface area contributed by atoms with Gasteiger partial charge < -0.3 is 0 Å². The van der Waals surface area contributed by atoms with Crippen molar-refractivity contribution >= 4 is 5.57 Å². The van der Waals surface area contributed by atoms with Crippen LogP contribution in [0.2, 0.25) is 0 Å². The number of aryl methyl sites for hydroxylation is 2. The van der Waals surface area contributed by atoms with E-state index in [0.717, 1.165) is 12.0 Å². The fourth-order valence-corrected chi connectivity index (χ4v) is 5.14. The van der Waals surface area contributed by atoms with Gasteiger partial charge in [-0.15, -0.1) is 0 Å².